The first-order chi connectivity index (χ1) is 14.0. The first-order valence-electron chi connectivity index (χ1n) is 10.2. The Balaban J connectivity index is 2.22. The van der Waals surface area contributed by atoms with E-state index in [0.717, 1.165) is 5.57 Å². The molecular formula is C23H30N2O5. The number of esters is 2. The Bertz CT molecular complexity index is 897. The van der Waals surface area contributed by atoms with Crippen LogP contribution in [-0.2, 0) is 29.3 Å². The molecule has 7 nitrogen and oxygen atoms in total. The van der Waals surface area contributed by atoms with Crippen LogP contribution >= 0.6 is 0 Å². The predicted octanol–water partition coefficient (Wildman–Crippen LogP) is 2.70. The van der Waals surface area contributed by atoms with Gasteiger partial charge in [0.1, 0.15) is 23.0 Å². The Labute approximate surface area is 177 Å². The molecular weight excluding hydrogens is 384 g/mol. The van der Waals surface area contributed by atoms with Gasteiger partial charge in [0.25, 0.3) is 0 Å². The van der Waals surface area contributed by atoms with Crippen molar-refractivity contribution >= 4 is 23.5 Å². The molecule has 0 aliphatic carbocycles. The highest BCUT2D eigenvalue weighted by Gasteiger charge is 2.68. The lowest BCUT2D eigenvalue weighted by molar-refractivity contribution is -0.164. The lowest BCUT2D eigenvalue weighted by Gasteiger charge is -2.32. The molecule has 2 aliphatic heterocycles. The zero-order valence-corrected chi connectivity index (χ0v) is 18.4. The van der Waals surface area contributed by atoms with Crippen molar-refractivity contribution in [3.05, 3.63) is 41.5 Å². The van der Waals surface area contributed by atoms with Crippen molar-refractivity contribution in [2.45, 2.75) is 64.6 Å². The maximum absolute atomic E-state index is 13.5. The molecule has 1 aromatic carbocycles. The topological polar surface area (TPSA) is 93.7 Å². The van der Waals surface area contributed by atoms with Crippen LogP contribution in [-0.4, -0.2) is 42.1 Å². The molecule has 7 heteroatoms. The van der Waals surface area contributed by atoms with Crippen LogP contribution in [0.25, 0.3) is 0 Å². The number of fused-ring (bicyclic) bond motifs is 2. The normalized spacial score (nSPS) is 27.4. The average molecular weight is 415 g/mol. The van der Waals surface area contributed by atoms with Gasteiger partial charge in [-0.3, -0.25) is 19.7 Å². The van der Waals surface area contributed by atoms with Crippen molar-refractivity contribution in [1.29, 1.82) is 0 Å². The number of allylic oxidation sites excluding steroid dienone is 1. The fourth-order valence-corrected chi connectivity index (χ4v) is 4.43. The number of nitrogens with one attached hydrogen (secondary N) is 2. The lowest BCUT2D eigenvalue weighted by atomic mass is 9.67. The van der Waals surface area contributed by atoms with Crippen LogP contribution in [0.1, 0.15) is 47.1 Å². The third-order valence-electron chi connectivity index (χ3n) is 5.37. The van der Waals surface area contributed by atoms with E-state index in [1.54, 1.807) is 33.8 Å². The van der Waals surface area contributed by atoms with E-state index in [2.05, 4.69) is 10.6 Å². The van der Waals surface area contributed by atoms with E-state index < -0.39 is 41.0 Å². The van der Waals surface area contributed by atoms with Gasteiger partial charge in [0.2, 0.25) is 5.91 Å². The molecule has 2 N–H and O–H groups in total. The minimum atomic E-state index is -1.32. The molecule has 0 aromatic heterocycles. The van der Waals surface area contributed by atoms with Crippen LogP contribution in [0, 0.1) is 5.92 Å². The first-order valence-corrected chi connectivity index (χ1v) is 10.2. The third-order valence-corrected chi connectivity index (χ3v) is 5.37. The van der Waals surface area contributed by atoms with Crippen LogP contribution in [0.2, 0.25) is 0 Å². The number of carbonyl (C=O) groups is 3. The van der Waals surface area contributed by atoms with Gasteiger partial charge in [-0.15, -0.1) is 0 Å². The highest BCUT2D eigenvalue weighted by atomic mass is 16.6. The molecule has 4 atom stereocenters. The molecule has 0 saturated carbocycles. The Morgan fingerprint density at radius 3 is 2.43 bits per heavy atom. The zero-order chi connectivity index (χ0) is 22.3. The molecule has 2 heterocycles. The van der Waals surface area contributed by atoms with Gasteiger partial charge in [0.15, 0.2) is 0 Å². The Kier molecular flexibility index (Phi) is 5.78. The Hall–Kier alpha value is -2.67. The maximum Gasteiger partial charge on any atom is 0.324 e. The molecule has 0 radical (unpaired) electrons. The summed E-state index contributed by atoms with van der Waals surface area (Å²) < 4.78 is 11.0. The monoisotopic (exact) mass is 414 g/mol. The second-order valence-corrected chi connectivity index (χ2v) is 9.00. The highest BCUT2D eigenvalue weighted by molar-refractivity contribution is 6.11. The summed E-state index contributed by atoms with van der Waals surface area (Å²) in [5.41, 5.74) is 0.207. The summed E-state index contributed by atoms with van der Waals surface area (Å²) in [6.45, 7) is 11.0. The van der Waals surface area contributed by atoms with E-state index in [4.69, 9.17) is 9.47 Å². The molecule has 0 unspecified atom stereocenters. The van der Waals surface area contributed by atoms with Crippen molar-refractivity contribution in [2.24, 2.45) is 5.92 Å². The van der Waals surface area contributed by atoms with Gasteiger partial charge in [-0.25, -0.2) is 0 Å². The Morgan fingerprint density at radius 1 is 1.17 bits per heavy atom. The number of ether oxygens (including phenoxy) is 2. The standard InChI is InChI=1S/C23H30N2O5/c1-7-29-19(26)17-18(20(27)30-22(4,5)6)25-16(12-13(2)3)23(17)14-10-8-9-11-15(14)24-21(23)28/h8-12,16-18,25H,7H2,1-6H3,(H,24,28)/t16-,17+,18+,23+/m1/s1. The summed E-state index contributed by atoms with van der Waals surface area (Å²) in [5, 5.41) is 6.13. The van der Waals surface area contributed by atoms with Gasteiger partial charge < -0.3 is 14.8 Å². The molecule has 1 aromatic rings. The van der Waals surface area contributed by atoms with Crippen LogP contribution in [0.5, 0.6) is 0 Å². The van der Waals surface area contributed by atoms with Crippen LogP contribution in [0.15, 0.2) is 35.9 Å². The summed E-state index contributed by atoms with van der Waals surface area (Å²) in [4.78, 5) is 39.8. The van der Waals surface area contributed by atoms with Crippen LogP contribution in [0.4, 0.5) is 5.69 Å². The molecule has 1 amide bonds. The smallest absolute Gasteiger partial charge is 0.324 e. The van der Waals surface area contributed by atoms with Gasteiger partial charge in [-0.1, -0.05) is 29.8 Å². The fraction of sp³-hybridized carbons (Fsp3) is 0.522. The number of para-hydroxylation sites is 1. The highest BCUT2D eigenvalue weighted by Crippen LogP contribution is 2.51. The van der Waals surface area contributed by atoms with Crippen LogP contribution in [0.3, 0.4) is 0 Å². The lowest BCUT2D eigenvalue weighted by Crippen LogP contribution is -2.51. The zero-order valence-electron chi connectivity index (χ0n) is 18.4. The molecule has 1 saturated heterocycles. The van der Waals surface area contributed by atoms with E-state index in [-0.39, 0.29) is 12.5 Å². The van der Waals surface area contributed by atoms with E-state index in [1.165, 1.54) is 0 Å². The summed E-state index contributed by atoms with van der Waals surface area (Å²) in [7, 11) is 0. The minimum absolute atomic E-state index is 0.142. The van der Waals surface area contributed by atoms with Crippen molar-refractivity contribution in [1.82, 2.24) is 5.32 Å². The van der Waals surface area contributed by atoms with Gasteiger partial charge in [0.05, 0.1) is 6.61 Å². The van der Waals surface area contributed by atoms with E-state index in [9.17, 15) is 14.4 Å². The molecule has 0 bridgehead atoms. The number of hydrogen-bond donors (Lipinski definition) is 2. The second-order valence-electron chi connectivity index (χ2n) is 9.00. The average Bonchev–Trinajstić information content (AvgIpc) is 3.11. The number of carbonyl (C=O) groups excluding carboxylic acids is 3. The summed E-state index contributed by atoms with van der Waals surface area (Å²) in [6, 6.07) is 5.65. The van der Waals surface area contributed by atoms with Crippen molar-refractivity contribution in [3.8, 4) is 0 Å². The number of benzene rings is 1. The molecule has 3 rings (SSSR count). The maximum atomic E-state index is 13.5. The summed E-state index contributed by atoms with van der Waals surface area (Å²) in [6.07, 6.45) is 1.89. The van der Waals surface area contributed by atoms with E-state index in [0.29, 0.717) is 11.3 Å². The van der Waals surface area contributed by atoms with Gasteiger partial charge in [0, 0.05) is 11.7 Å². The SMILES string of the molecule is CCOC(=O)[C@@H]1[C@@H](C(=O)OC(C)(C)C)N[C@H](C=C(C)C)[C@]12C(=O)Nc1ccccc12. The van der Waals surface area contributed by atoms with Gasteiger partial charge >= 0.3 is 11.9 Å². The van der Waals surface area contributed by atoms with E-state index >= 15 is 0 Å². The van der Waals surface area contributed by atoms with Crippen molar-refractivity contribution in [3.63, 3.8) is 0 Å². The number of hydrogen-bond acceptors (Lipinski definition) is 6. The van der Waals surface area contributed by atoms with Gasteiger partial charge in [-0.2, -0.15) is 0 Å². The molecule has 162 valence electrons. The van der Waals surface area contributed by atoms with Crippen molar-refractivity contribution < 1.29 is 23.9 Å². The van der Waals surface area contributed by atoms with Crippen LogP contribution < -0.4 is 10.6 Å². The quantitative estimate of drug-likeness (QED) is 0.581. The fourth-order valence-electron chi connectivity index (χ4n) is 4.43. The first kappa shape index (κ1) is 22.0. The largest absolute Gasteiger partial charge is 0.466 e. The van der Waals surface area contributed by atoms with E-state index in [1.807, 2.05) is 38.1 Å². The number of anilines is 1. The van der Waals surface area contributed by atoms with Gasteiger partial charge in [-0.05, 0) is 53.2 Å². The molecule has 30 heavy (non-hydrogen) atoms. The minimum Gasteiger partial charge on any atom is -0.466 e. The second kappa shape index (κ2) is 7.87. The van der Waals surface area contributed by atoms with Crippen molar-refractivity contribution in [2.75, 3.05) is 11.9 Å². The molecule has 2 aliphatic rings. The number of rotatable bonds is 4. The molecule has 1 spiro atoms. The molecule has 1 fully saturated rings. The Morgan fingerprint density at radius 2 is 1.83 bits per heavy atom. The third kappa shape index (κ3) is 3.62. The summed E-state index contributed by atoms with van der Waals surface area (Å²) in [5.74, 6) is -2.58. The number of amides is 1. The predicted molar refractivity (Wildman–Crippen MR) is 113 cm³/mol. The summed E-state index contributed by atoms with van der Waals surface area (Å²) >= 11 is 0.